The van der Waals surface area contributed by atoms with E-state index in [0.29, 0.717) is 5.92 Å². The molecular weight excluding hydrogens is 268 g/mol. The van der Waals surface area contributed by atoms with Crippen LogP contribution in [0.3, 0.4) is 0 Å². The Kier molecular flexibility index (Phi) is 3.41. The molecule has 1 aliphatic rings. The average molecular weight is 283 g/mol. The van der Waals surface area contributed by atoms with E-state index in [2.05, 4.69) is 9.55 Å². The fraction of sp³-hybridized carbons (Fsp3) is 0.462. The molecule has 0 spiro atoms. The van der Waals surface area contributed by atoms with Crippen LogP contribution < -0.4 is 0 Å². The summed E-state index contributed by atoms with van der Waals surface area (Å²) in [6.45, 7) is 2.70. The predicted molar refractivity (Wildman–Crippen MR) is 75.7 cm³/mol. The lowest BCUT2D eigenvalue weighted by Crippen LogP contribution is -2.20. The number of benzene rings is 1. The van der Waals surface area contributed by atoms with Crippen LogP contribution in [0.15, 0.2) is 18.2 Å². The van der Waals surface area contributed by atoms with E-state index in [9.17, 15) is 0 Å². The van der Waals surface area contributed by atoms with Crippen molar-refractivity contribution in [2.75, 3.05) is 13.2 Å². The van der Waals surface area contributed by atoms with Crippen LogP contribution in [0.1, 0.15) is 12.8 Å². The Hall–Kier alpha value is -0.840. The Labute approximate surface area is 116 Å². The molecule has 2 aromatic rings. The predicted octanol–water partition coefficient (Wildman–Crippen LogP) is 3.78. The fourth-order valence-electron chi connectivity index (χ4n) is 2.50. The van der Waals surface area contributed by atoms with Crippen LogP contribution in [0.5, 0.6) is 0 Å². The van der Waals surface area contributed by atoms with Crippen molar-refractivity contribution in [3.05, 3.63) is 28.0 Å². The molecule has 1 aromatic carbocycles. The summed E-state index contributed by atoms with van der Waals surface area (Å²) in [5.74, 6) is 0.653. The highest BCUT2D eigenvalue weighted by Gasteiger charge is 2.16. The largest absolute Gasteiger partial charge is 0.381 e. The Bertz CT molecular complexity index is 613. The first-order valence-electron chi connectivity index (χ1n) is 6.20. The zero-order chi connectivity index (χ0) is 12.5. The van der Waals surface area contributed by atoms with Gasteiger partial charge >= 0.3 is 0 Å². The maximum Gasteiger partial charge on any atom is 0.178 e. The number of aromatic nitrogens is 2. The maximum atomic E-state index is 5.99. The van der Waals surface area contributed by atoms with Gasteiger partial charge in [0.15, 0.2) is 4.77 Å². The third-order valence-electron chi connectivity index (χ3n) is 3.52. The third kappa shape index (κ3) is 2.32. The second-order valence-corrected chi connectivity index (χ2v) is 5.58. The van der Waals surface area contributed by atoms with Crippen LogP contribution in [0.25, 0.3) is 11.0 Å². The molecule has 1 aliphatic heterocycles. The molecule has 1 N–H and O–H groups in total. The van der Waals surface area contributed by atoms with Crippen molar-refractivity contribution in [3.63, 3.8) is 0 Å². The van der Waals surface area contributed by atoms with Gasteiger partial charge in [0.2, 0.25) is 0 Å². The number of H-pyrrole nitrogens is 1. The van der Waals surface area contributed by atoms with Crippen molar-refractivity contribution in [2.45, 2.75) is 19.4 Å². The summed E-state index contributed by atoms with van der Waals surface area (Å²) in [5, 5.41) is 0.733. The molecule has 0 atom stereocenters. The zero-order valence-electron chi connectivity index (χ0n) is 9.99. The molecule has 3 nitrogen and oxygen atoms in total. The van der Waals surface area contributed by atoms with E-state index in [1.54, 1.807) is 0 Å². The van der Waals surface area contributed by atoms with E-state index in [-0.39, 0.29) is 0 Å². The van der Waals surface area contributed by atoms with Gasteiger partial charge in [-0.25, -0.2) is 0 Å². The smallest absolute Gasteiger partial charge is 0.178 e. The lowest BCUT2D eigenvalue weighted by molar-refractivity contribution is 0.0615. The number of fused-ring (bicyclic) bond motifs is 1. The van der Waals surface area contributed by atoms with Crippen LogP contribution in [-0.4, -0.2) is 22.8 Å². The molecule has 0 aliphatic carbocycles. The minimum Gasteiger partial charge on any atom is -0.381 e. The summed E-state index contributed by atoms with van der Waals surface area (Å²) in [4.78, 5) is 3.22. The fourth-order valence-corrected chi connectivity index (χ4v) is 2.96. The molecule has 5 heteroatoms. The Balaban J connectivity index is 1.95. The number of aromatic amines is 1. The van der Waals surface area contributed by atoms with Crippen molar-refractivity contribution in [3.8, 4) is 0 Å². The van der Waals surface area contributed by atoms with E-state index in [0.717, 1.165) is 53.4 Å². The molecule has 18 heavy (non-hydrogen) atoms. The number of ether oxygens (including phenoxy) is 1. The van der Waals surface area contributed by atoms with E-state index in [1.807, 2.05) is 18.2 Å². The summed E-state index contributed by atoms with van der Waals surface area (Å²) in [6.07, 6.45) is 2.23. The first kappa shape index (κ1) is 12.2. The highest BCUT2D eigenvalue weighted by Crippen LogP contribution is 2.23. The molecule has 0 amide bonds. The molecule has 2 heterocycles. The summed E-state index contributed by atoms with van der Waals surface area (Å²) >= 11 is 11.4. The summed E-state index contributed by atoms with van der Waals surface area (Å²) in [7, 11) is 0. The molecule has 1 fully saturated rings. The number of imidazole rings is 1. The van der Waals surface area contributed by atoms with Crippen LogP contribution >= 0.6 is 23.8 Å². The number of halogens is 1. The second-order valence-electron chi connectivity index (χ2n) is 4.76. The number of nitrogens with zero attached hydrogens (tertiary/aromatic N) is 1. The Morgan fingerprint density at radius 1 is 1.39 bits per heavy atom. The van der Waals surface area contributed by atoms with Gasteiger partial charge in [-0.1, -0.05) is 11.6 Å². The molecule has 0 unspecified atom stereocenters. The normalized spacial score (nSPS) is 17.4. The number of hydrogen-bond donors (Lipinski definition) is 1. The van der Waals surface area contributed by atoms with Gasteiger partial charge < -0.3 is 14.3 Å². The minimum absolute atomic E-state index is 0.653. The highest BCUT2D eigenvalue weighted by atomic mass is 35.5. The number of hydrogen-bond acceptors (Lipinski definition) is 2. The van der Waals surface area contributed by atoms with Crippen LogP contribution in [0, 0.1) is 10.7 Å². The molecule has 0 radical (unpaired) electrons. The summed E-state index contributed by atoms with van der Waals surface area (Å²) in [6, 6.07) is 5.86. The lowest BCUT2D eigenvalue weighted by atomic mass is 10.0. The average Bonchev–Trinajstić information content (AvgIpc) is 2.66. The van der Waals surface area contributed by atoms with Gasteiger partial charge in [-0.15, -0.1) is 0 Å². The molecule has 1 saturated heterocycles. The van der Waals surface area contributed by atoms with Crippen LogP contribution in [0.2, 0.25) is 5.02 Å². The molecule has 0 saturated carbocycles. The van der Waals surface area contributed by atoms with Gasteiger partial charge in [-0.2, -0.15) is 0 Å². The quantitative estimate of drug-likeness (QED) is 0.850. The number of rotatable bonds is 2. The van der Waals surface area contributed by atoms with Crippen molar-refractivity contribution >= 4 is 34.9 Å². The topological polar surface area (TPSA) is 29.9 Å². The SMILES string of the molecule is S=c1[nH]c2cc(Cl)ccc2n1CC1CCOCC1. The first-order valence-corrected chi connectivity index (χ1v) is 6.98. The Morgan fingerprint density at radius 2 is 2.17 bits per heavy atom. The minimum atomic E-state index is 0.653. The van der Waals surface area contributed by atoms with E-state index < -0.39 is 0 Å². The monoisotopic (exact) mass is 282 g/mol. The molecule has 0 bridgehead atoms. The molecule has 96 valence electrons. The van der Waals surface area contributed by atoms with Crippen LogP contribution in [0.4, 0.5) is 0 Å². The van der Waals surface area contributed by atoms with Crippen molar-refractivity contribution < 1.29 is 4.74 Å². The van der Waals surface area contributed by atoms with Crippen molar-refractivity contribution in [1.29, 1.82) is 0 Å². The number of nitrogens with one attached hydrogen (secondary N) is 1. The highest BCUT2D eigenvalue weighted by molar-refractivity contribution is 7.71. The summed E-state index contributed by atoms with van der Waals surface area (Å²) < 4.78 is 8.35. The standard InChI is InChI=1S/C13H15ClN2OS/c14-10-1-2-12-11(7-10)15-13(18)16(12)8-9-3-5-17-6-4-9/h1-2,7,9H,3-6,8H2,(H,15,18). The van der Waals surface area contributed by atoms with Crippen molar-refractivity contribution in [2.24, 2.45) is 5.92 Å². The second kappa shape index (κ2) is 5.03. The van der Waals surface area contributed by atoms with E-state index >= 15 is 0 Å². The third-order valence-corrected chi connectivity index (χ3v) is 4.08. The molecule has 1 aromatic heterocycles. The maximum absolute atomic E-state index is 5.99. The van der Waals surface area contributed by atoms with Gasteiger partial charge in [0.1, 0.15) is 0 Å². The van der Waals surface area contributed by atoms with Gasteiger partial charge in [0.25, 0.3) is 0 Å². The van der Waals surface area contributed by atoms with Gasteiger partial charge in [0, 0.05) is 24.8 Å². The van der Waals surface area contributed by atoms with Gasteiger partial charge in [-0.3, -0.25) is 0 Å². The van der Waals surface area contributed by atoms with E-state index in [4.69, 9.17) is 28.6 Å². The molecular formula is C13H15ClN2OS. The summed E-state index contributed by atoms with van der Waals surface area (Å²) in [5.41, 5.74) is 2.15. The first-order chi connectivity index (χ1) is 8.74. The lowest BCUT2D eigenvalue weighted by Gasteiger charge is -2.22. The van der Waals surface area contributed by atoms with Gasteiger partial charge in [-0.05, 0) is 49.2 Å². The van der Waals surface area contributed by atoms with Gasteiger partial charge in [0.05, 0.1) is 11.0 Å². The zero-order valence-corrected chi connectivity index (χ0v) is 11.6. The Morgan fingerprint density at radius 3 is 2.94 bits per heavy atom. The van der Waals surface area contributed by atoms with E-state index in [1.165, 1.54) is 0 Å². The van der Waals surface area contributed by atoms with Crippen LogP contribution in [-0.2, 0) is 11.3 Å². The molecule has 3 rings (SSSR count). The van der Waals surface area contributed by atoms with Crippen molar-refractivity contribution in [1.82, 2.24) is 9.55 Å².